The highest BCUT2D eigenvalue weighted by molar-refractivity contribution is 7.98. The molecule has 134 valence electrons. The molecule has 7 heteroatoms. The molecule has 1 heterocycles. The number of hydrogen-bond donors (Lipinski definition) is 1. The van der Waals surface area contributed by atoms with Crippen LogP contribution in [-0.4, -0.2) is 35.4 Å². The van der Waals surface area contributed by atoms with Crippen LogP contribution in [0.1, 0.15) is 35.3 Å². The maximum atomic E-state index is 12.1. The molecular weight excluding hydrogens is 338 g/mol. The van der Waals surface area contributed by atoms with E-state index in [1.807, 2.05) is 32.2 Å². The Morgan fingerprint density at radius 1 is 1.28 bits per heavy atom. The van der Waals surface area contributed by atoms with E-state index in [4.69, 9.17) is 9.47 Å². The number of anilines is 1. The van der Waals surface area contributed by atoms with Gasteiger partial charge in [-0.1, -0.05) is 23.9 Å². The molecule has 0 fully saturated rings. The molecule has 0 radical (unpaired) electrons. The molecule has 0 unspecified atom stereocenters. The molecule has 0 aliphatic carbocycles. The van der Waals surface area contributed by atoms with Crippen molar-refractivity contribution in [2.45, 2.75) is 32.5 Å². The first-order valence-corrected chi connectivity index (χ1v) is 9.35. The summed E-state index contributed by atoms with van der Waals surface area (Å²) < 4.78 is 10.6. The zero-order chi connectivity index (χ0) is 18.2. The third-order valence-corrected chi connectivity index (χ3v) is 4.01. The fourth-order valence-electron chi connectivity index (χ4n) is 2.28. The highest BCUT2D eigenvalue weighted by atomic mass is 32.2. The molecule has 0 aliphatic rings. The minimum Gasteiger partial charge on any atom is -0.494 e. The number of benzene rings is 1. The number of carbonyl (C=O) groups excluding carboxylic acids is 1. The predicted molar refractivity (Wildman–Crippen MR) is 99.4 cm³/mol. The van der Waals surface area contributed by atoms with Crippen molar-refractivity contribution < 1.29 is 14.3 Å². The van der Waals surface area contributed by atoms with Crippen molar-refractivity contribution in [2.75, 3.05) is 24.8 Å². The Labute approximate surface area is 152 Å². The Balaban J connectivity index is 2.18. The number of ether oxygens (including phenoxy) is 2. The van der Waals surface area contributed by atoms with Gasteiger partial charge in [0.25, 0.3) is 0 Å². The van der Waals surface area contributed by atoms with E-state index < -0.39 is 5.97 Å². The molecule has 6 nitrogen and oxygen atoms in total. The molecule has 0 saturated heterocycles. The summed E-state index contributed by atoms with van der Waals surface area (Å²) in [5.41, 5.74) is 2.47. The standard InChI is InChI=1S/C18H23N3O3S/c1-5-23-15-8-7-13(9-12(15)3)10-19-16-14(17(22)24-6-2)11-20-18(21-16)25-4/h7-9,11H,5-6,10H2,1-4H3,(H,19,20,21). The lowest BCUT2D eigenvalue weighted by Gasteiger charge is -2.12. The highest BCUT2D eigenvalue weighted by Crippen LogP contribution is 2.21. The van der Waals surface area contributed by atoms with E-state index in [0.29, 0.717) is 36.3 Å². The van der Waals surface area contributed by atoms with E-state index in [1.54, 1.807) is 6.92 Å². The summed E-state index contributed by atoms with van der Waals surface area (Å²) in [6.45, 7) is 7.22. The van der Waals surface area contributed by atoms with Crippen molar-refractivity contribution in [1.29, 1.82) is 0 Å². The molecule has 0 bridgehead atoms. The van der Waals surface area contributed by atoms with Gasteiger partial charge in [-0.15, -0.1) is 0 Å². The topological polar surface area (TPSA) is 73.3 Å². The van der Waals surface area contributed by atoms with Gasteiger partial charge in [0.05, 0.1) is 13.2 Å². The molecule has 0 spiro atoms. The van der Waals surface area contributed by atoms with E-state index >= 15 is 0 Å². The average molecular weight is 361 g/mol. The monoisotopic (exact) mass is 361 g/mol. The highest BCUT2D eigenvalue weighted by Gasteiger charge is 2.16. The van der Waals surface area contributed by atoms with Gasteiger partial charge < -0.3 is 14.8 Å². The zero-order valence-corrected chi connectivity index (χ0v) is 15.8. The Hall–Kier alpha value is -2.28. The molecule has 0 saturated carbocycles. The maximum Gasteiger partial charge on any atom is 0.343 e. The van der Waals surface area contributed by atoms with Crippen molar-refractivity contribution in [3.63, 3.8) is 0 Å². The Morgan fingerprint density at radius 2 is 2.08 bits per heavy atom. The fraction of sp³-hybridized carbons (Fsp3) is 0.389. The van der Waals surface area contributed by atoms with Crippen LogP contribution in [0.4, 0.5) is 5.82 Å². The van der Waals surface area contributed by atoms with Crippen LogP contribution in [0.25, 0.3) is 0 Å². The van der Waals surface area contributed by atoms with E-state index in [1.165, 1.54) is 18.0 Å². The SMILES string of the molecule is CCOC(=O)c1cnc(SC)nc1NCc1ccc(OCC)c(C)c1. The van der Waals surface area contributed by atoms with Crippen molar-refractivity contribution in [2.24, 2.45) is 0 Å². The van der Waals surface area contributed by atoms with Crippen LogP contribution in [0.3, 0.4) is 0 Å². The van der Waals surface area contributed by atoms with Gasteiger partial charge >= 0.3 is 5.97 Å². The van der Waals surface area contributed by atoms with Gasteiger partial charge in [-0.3, -0.25) is 0 Å². The normalized spacial score (nSPS) is 10.4. The minimum atomic E-state index is -0.430. The third kappa shape index (κ3) is 5.09. The second kappa shape index (κ2) is 9.27. The van der Waals surface area contributed by atoms with Crippen LogP contribution in [0.2, 0.25) is 0 Å². The number of aromatic nitrogens is 2. The first-order valence-electron chi connectivity index (χ1n) is 8.13. The zero-order valence-electron chi connectivity index (χ0n) is 15.0. The Bertz CT molecular complexity index is 738. The number of carbonyl (C=O) groups is 1. The van der Waals surface area contributed by atoms with Gasteiger partial charge in [-0.05, 0) is 44.2 Å². The maximum absolute atomic E-state index is 12.1. The third-order valence-electron chi connectivity index (χ3n) is 3.44. The summed E-state index contributed by atoms with van der Waals surface area (Å²) in [6, 6.07) is 6.00. The number of nitrogens with zero attached hydrogens (tertiary/aromatic N) is 2. The van der Waals surface area contributed by atoms with E-state index in [9.17, 15) is 4.79 Å². The Morgan fingerprint density at radius 3 is 2.72 bits per heavy atom. The summed E-state index contributed by atoms with van der Waals surface area (Å²) in [4.78, 5) is 20.6. The van der Waals surface area contributed by atoms with Crippen LogP contribution in [0, 0.1) is 6.92 Å². The van der Waals surface area contributed by atoms with Crippen molar-refractivity contribution in [3.05, 3.63) is 41.1 Å². The van der Waals surface area contributed by atoms with Crippen LogP contribution in [0.5, 0.6) is 5.75 Å². The predicted octanol–water partition coefficient (Wildman–Crippen LogP) is 3.69. The van der Waals surface area contributed by atoms with Gasteiger partial charge in [-0.2, -0.15) is 0 Å². The molecule has 25 heavy (non-hydrogen) atoms. The van der Waals surface area contributed by atoms with Crippen LogP contribution >= 0.6 is 11.8 Å². The van der Waals surface area contributed by atoms with Crippen molar-refractivity contribution >= 4 is 23.5 Å². The number of rotatable bonds is 8. The van der Waals surface area contributed by atoms with Crippen molar-refractivity contribution in [3.8, 4) is 5.75 Å². The van der Waals surface area contributed by atoms with Gasteiger partial charge in [0.15, 0.2) is 5.16 Å². The summed E-state index contributed by atoms with van der Waals surface area (Å²) in [6.07, 6.45) is 3.39. The summed E-state index contributed by atoms with van der Waals surface area (Å²) in [7, 11) is 0. The number of esters is 1. The summed E-state index contributed by atoms with van der Waals surface area (Å²) >= 11 is 1.42. The van der Waals surface area contributed by atoms with Crippen LogP contribution in [0.15, 0.2) is 29.6 Å². The second-order valence-corrected chi connectivity index (χ2v) is 6.00. The number of aryl methyl sites for hydroxylation is 1. The molecule has 0 atom stereocenters. The molecule has 0 aliphatic heterocycles. The Kier molecular flexibility index (Phi) is 7.06. The van der Waals surface area contributed by atoms with Crippen molar-refractivity contribution in [1.82, 2.24) is 9.97 Å². The number of hydrogen-bond acceptors (Lipinski definition) is 7. The molecule has 1 aromatic heterocycles. The van der Waals surface area contributed by atoms with Gasteiger partial charge in [0.1, 0.15) is 17.1 Å². The van der Waals surface area contributed by atoms with Gasteiger partial charge in [0, 0.05) is 12.7 Å². The van der Waals surface area contributed by atoms with Crippen LogP contribution in [-0.2, 0) is 11.3 Å². The molecule has 2 rings (SSSR count). The van der Waals surface area contributed by atoms with E-state index in [-0.39, 0.29) is 0 Å². The van der Waals surface area contributed by atoms with Gasteiger partial charge in [0.2, 0.25) is 0 Å². The fourth-order valence-corrected chi connectivity index (χ4v) is 2.62. The van der Waals surface area contributed by atoms with E-state index in [0.717, 1.165) is 16.9 Å². The number of nitrogens with one attached hydrogen (secondary N) is 1. The second-order valence-electron chi connectivity index (χ2n) is 5.23. The minimum absolute atomic E-state index is 0.306. The van der Waals surface area contributed by atoms with Crippen LogP contribution < -0.4 is 10.1 Å². The molecule has 1 aromatic carbocycles. The summed E-state index contributed by atoms with van der Waals surface area (Å²) in [5, 5.41) is 3.81. The van der Waals surface area contributed by atoms with Gasteiger partial charge in [-0.25, -0.2) is 14.8 Å². The lowest BCUT2D eigenvalue weighted by Crippen LogP contribution is -2.12. The lowest BCUT2D eigenvalue weighted by atomic mass is 10.1. The summed E-state index contributed by atoms with van der Waals surface area (Å²) in [5.74, 6) is 0.926. The quantitative estimate of drug-likeness (QED) is 0.436. The number of thioether (sulfide) groups is 1. The smallest absolute Gasteiger partial charge is 0.343 e. The molecule has 2 aromatic rings. The lowest BCUT2D eigenvalue weighted by molar-refractivity contribution is 0.0526. The molecular formula is C18H23N3O3S. The first kappa shape index (κ1) is 19.1. The molecule has 0 amide bonds. The average Bonchev–Trinajstić information content (AvgIpc) is 2.62. The largest absolute Gasteiger partial charge is 0.494 e. The van der Waals surface area contributed by atoms with E-state index in [2.05, 4.69) is 21.4 Å². The first-order chi connectivity index (χ1) is 12.1. The molecule has 1 N–H and O–H groups in total.